The van der Waals surface area contributed by atoms with Gasteiger partial charge in [0.15, 0.2) is 0 Å². The van der Waals surface area contributed by atoms with Gasteiger partial charge in [-0.2, -0.15) is 36.8 Å². The Morgan fingerprint density at radius 1 is 1.06 bits per heavy atom. The Kier molecular flexibility index (Phi) is 7.23. The Balaban J connectivity index is 2.15. The van der Waals surface area contributed by atoms with Gasteiger partial charge in [0.05, 0.1) is 23.7 Å². The third-order valence-corrected chi connectivity index (χ3v) is 4.56. The number of nitrogens with zero attached hydrogens (tertiary/aromatic N) is 4. The standard InChI is InChI=1S/C19H13F8N5O3/c20-14(21)13(15(22)33)29-16(34)11-5-12(8-1-3-9(4-2-8)19(25,26)27)30-32(17(11)35)10-6-28-31(7-10)18(23)24/h1-7,13-15,18,33H,(H,29,34)/t13-,15?/m0/s1. The number of aliphatic hydroxyl groups excluding tert-OH is 1. The van der Waals surface area contributed by atoms with Gasteiger partial charge in [0, 0.05) is 5.56 Å². The highest BCUT2D eigenvalue weighted by molar-refractivity contribution is 5.95. The molecule has 0 aliphatic rings. The van der Waals surface area contributed by atoms with Gasteiger partial charge in [-0.3, -0.25) is 9.59 Å². The van der Waals surface area contributed by atoms with Gasteiger partial charge in [0.25, 0.3) is 17.9 Å². The van der Waals surface area contributed by atoms with Gasteiger partial charge in [0.1, 0.15) is 17.3 Å². The molecule has 0 saturated heterocycles. The predicted octanol–water partition coefficient (Wildman–Crippen LogP) is 3.16. The maximum Gasteiger partial charge on any atom is 0.416 e. The molecule has 2 heterocycles. The summed E-state index contributed by atoms with van der Waals surface area (Å²) in [6.07, 6.45) is -10.1. The average Bonchev–Trinajstić information content (AvgIpc) is 3.27. The van der Waals surface area contributed by atoms with Gasteiger partial charge in [-0.05, 0) is 18.2 Å². The second-order valence-electron chi connectivity index (χ2n) is 6.90. The van der Waals surface area contributed by atoms with Crippen LogP contribution in [0.4, 0.5) is 35.1 Å². The average molecular weight is 511 g/mol. The summed E-state index contributed by atoms with van der Waals surface area (Å²) in [5, 5.41) is 17.4. The van der Waals surface area contributed by atoms with Crippen molar-refractivity contribution in [1.82, 2.24) is 24.9 Å². The molecule has 2 atom stereocenters. The van der Waals surface area contributed by atoms with Crippen molar-refractivity contribution in [3.05, 3.63) is 64.2 Å². The molecule has 0 aliphatic carbocycles. The molecular weight excluding hydrogens is 498 g/mol. The number of amides is 1. The highest BCUT2D eigenvalue weighted by Crippen LogP contribution is 2.30. The second-order valence-corrected chi connectivity index (χ2v) is 6.90. The third-order valence-electron chi connectivity index (χ3n) is 4.56. The number of aliphatic hydroxyl groups is 1. The van der Waals surface area contributed by atoms with Crippen LogP contribution >= 0.6 is 0 Å². The van der Waals surface area contributed by atoms with Crippen LogP contribution < -0.4 is 10.9 Å². The Morgan fingerprint density at radius 3 is 2.17 bits per heavy atom. The molecule has 1 unspecified atom stereocenters. The lowest BCUT2D eigenvalue weighted by Gasteiger charge is -2.18. The van der Waals surface area contributed by atoms with E-state index in [4.69, 9.17) is 5.11 Å². The van der Waals surface area contributed by atoms with E-state index >= 15 is 0 Å². The predicted molar refractivity (Wildman–Crippen MR) is 102 cm³/mol. The molecule has 0 radical (unpaired) electrons. The Morgan fingerprint density at radius 2 is 1.69 bits per heavy atom. The van der Waals surface area contributed by atoms with E-state index in [1.54, 1.807) is 0 Å². The number of carbonyl (C=O) groups excluding carboxylic acids is 1. The van der Waals surface area contributed by atoms with Gasteiger partial charge in [-0.25, -0.2) is 17.9 Å². The number of carbonyl (C=O) groups is 1. The first-order valence-electron chi connectivity index (χ1n) is 9.35. The Labute approximate surface area is 189 Å². The van der Waals surface area contributed by atoms with E-state index in [0.29, 0.717) is 23.0 Å². The lowest BCUT2D eigenvalue weighted by atomic mass is 10.1. The van der Waals surface area contributed by atoms with Gasteiger partial charge < -0.3 is 10.4 Å². The summed E-state index contributed by atoms with van der Waals surface area (Å²) in [6.45, 7) is -3.13. The van der Waals surface area contributed by atoms with Crippen LogP contribution in [0.15, 0.2) is 47.5 Å². The minimum Gasteiger partial charge on any atom is -0.362 e. The van der Waals surface area contributed by atoms with Crippen molar-refractivity contribution >= 4 is 5.91 Å². The lowest BCUT2D eigenvalue weighted by molar-refractivity contribution is -0.137. The van der Waals surface area contributed by atoms with E-state index in [1.807, 2.05) is 0 Å². The number of benzene rings is 1. The minimum atomic E-state index is -4.68. The quantitative estimate of drug-likeness (QED) is 0.475. The SMILES string of the molecule is O=C(N[C@H](C(O)F)C(F)F)c1cc(-c2ccc(C(F)(F)F)cc2)nn(-c2cnn(C(F)F)c2)c1=O. The summed E-state index contributed by atoms with van der Waals surface area (Å²) in [4.78, 5) is 25.3. The van der Waals surface area contributed by atoms with Crippen LogP contribution in [0.5, 0.6) is 0 Å². The van der Waals surface area contributed by atoms with Crippen LogP contribution in [0.25, 0.3) is 16.9 Å². The number of hydrogen-bond acceptors (Lipinski definition) is 5. The summed E-state index contributed by atoms with van der Waals surface area (Å²) >= 11 is 0. The Hall–Kier alpha value is -3.82. The van der Waals surface area contributed by atoms with Crippen LogP contribution in [0.1, 0.15) is 22.5 Å². The molecule has 0 saturated carbocycles. The first kappa shape index (κ1) is 25.8. The minimum absolute atomic E-state index is 0.0852. The molecule has 0 fully saturated rings. The molecule has 1 amide bonds. The summed E-state index contributed by atoms with van der Waals surface area (Å²) in [7, 11) is 0. The van der Waals surface area contributed by atoms with Gasteiger partial charge in [-0.15, -0.1) is 0 Å². The van der Waals surface area contributed by atoms with E-state index < -0.39 is 59.8 Å². The van der Waals surface area contributed by atoms with Crippen molar-refractivity contribution in [3.63, 3.8) is 0 Å². The van der Waals surface area contributed by atoms with Crippen LogP contribution in [0, 0.1) is 0 Å². The summed E-state index contributed by atoms with van der Waals surface area (Å²) < 4.78 is 104. The molecule has 3 rings (SSSR count). The van der Waals surface area contributed by atoms with Gasteiger partial charge in [-0.1, -0.05) is 12.1 Å². The fourth-order valence-electron chi connectivity index (χ4n) is 2.83. The highest BCUT2D eigenvalue weighted by atomic mass is 19.4. The Bertz CT molecular complexity index is 1250. The van der Waals surface area contributed by atoms with Crippen LogP contribution in [0.2, 0.25) is 0 Å². The molecule has 16 heteroatoms. The molecule has 0 spiro atoms. The zero-order valence-corrected chi connectivity index (χ0v) is 16.9. The fraction of sp³-hybridized carbons (Fsp3) is 0.263. The molecule has 1 aromatic carbocycles. The third kappa shape index (κ3) is 5.64. The summed E-state index contributed by atoms with van der Waals surface area (Å²) in [6, 6.07) is 1.18. The molecule has 8 nitrogen and oxygen atoms in total. The molecule has 188 valence electrons. The van der Waals surface area contributed by atoms with Crippen molar-refractivity contribution in [3.8, 4) is 16.9 Å². The molecule has 3 aromatic rings. The van der Waals surface area contributed by atoms with Crippen LogP contribution in [0.3, 0.4) is 0 Å². The number of hydrogen-bond donors (Lipinski definition) is 2. The van der Waals surface area contributed by atoms with Crippen molar-refractivity contribution in [2.75, 3.05) is 0 Å². The zero-order valence-electron chi connectivity index (χ0n) is 16.9. The van der Waals surface area contributed by atoms with Crippen molar-refractivity contribution in [1.29, 1.82) is 0 Å². The maximum atomic E-state index is 13.1. The van der Waals surface area contributed by atoms with E-state index in [1.165, 1.54) is 5.32 Å². The summed E-state index contributed by atoms with van der Waals surface area (Å²) in [5.74, 6) is -1.59. The number of nitrogens with one attached hydrogen (secondary N) is 1. The van der Waals surface area contributed by atoms with Crippen molar-refractivity contribution < 1.29 is 45.0 Å². The molecule has 0 bridgehead atoms. The molecular formula is C19H13F8N5O3. The molecule has 35 heavy (non-hydrogen) atoms. The van der Waals surface area contributed by atoms with Crippen LogP contribution in [-0.4, -0.2) is 49.4 Å². The van der Waals surface area contributed by atoms with E-state index in [0.717, 1.165) is 24.4 Å². The van der Waals surface area contributed by atoms with E-state index in [2.05, 4.69) is 10.2 Å². The topological polar surface area (TPSA) is 102 Å². The highest BCUT2D eigenvalue weighted by Gasteiger charge is 2.32. The van der Waals surface area contributed by atoms with E-state index in [9.17, 15) is 44.7 Å². The van der Waals surface area contributed by atoms with Gasteiger partial charge >= 0.3 is 12.7 Å². The van der Waals surface area contributed by atoms with Gasteiger partial charge in [0.2, 0.25) is 6.36 Å². The van der Waals surface area contributed by atoms with Crippen molar-refractivity contribution in [2.24, 2.45) is 0 Å². The normalized spacial score (nSPS) is 13.8. The van der Waals surface area contributed by atoms with E-state index in [-0.39, 0.29) is 15.9 Å². The number of rotatable bonds is 7. The first-order chi connectivity index (χ1) is 16.3. The summed E-state index contributed by atoms with van der Waals surface area (Å²) in [5.41, 5.74) is -4.17. The smallest absolute Gasteiger partial charge is 0.362 e. The molecule has 0 aliphatic heterocycles. The largest absolute Gasteiger partial charge is 0.416 e. The second kappa shape index (κ2) is 9.81. The number of alkyl halides is 8. The lowest BCUT2D eigenvalue weighted by Crippen LogP contribution is -2.48. The monoisotopic (exact) mass is 511 g/mol. The zero-order chi connectivity index (χ0) is 26.1. The van der Waals surface area contributed by atoms with Crippen molar-refractivity contribution in [2.45, 2.75) is 31.6 Å². The first-order valence-corrected chi connectivity index (χ1v) is 9.35. The maximum absolute atomic E-state index is 13.1. The fourth-order valence-corrected chi connectivity index (χ4v) is 2.83. The number of aromatic nitrogens is 4. The number of halogens is 8. The molecule has 2 N–H and O–H groups in total. The molecule has 2 aromatic heterocycles. The van der Waals surface area contributed by atoms with Crippen LogP contribution in [-0.2, 0) is 6.18 Å².